The van der Waals surface area contributed by atoms with E-state index in [2.05, 4.69) is 55.1 Å². The van der Waals surface area contributed by atoms with Crippen LogP contribution in [0.5, 0.6) is 5.75 Å². The van der Waals surface area contributed by atoms with Crippen LogP contribution in [0.25, 0.3) is 0 Å². The van der Waals surface area contributed by atoms with E-state index in [0.717, 1.165) is 0 Å². The van der Waals surface area contributed by atoms with Gasteiger partial charge in [-0.05, 0) is 71.2 Å². The van der Waals surface area contributed by atoms with Crippen molar-refractivity contribution in [2.24, 2.45) is 0 Å². The van der Waals surface area contributed by atoms with Gasteiger partial charge in [0.05, 0.1) is 17.5 Å². The molecule has 2 aromatic rings. The Balaban J connectivity index is 1.63. The van der Waals surface area contributed by atoms with Gasteiger partial charge in [0, 0.05) is 34.6 Å². The Kier molecular flexibility index (Phi) is 8.23. The summed E-state index contributed by atoms with van der Waals surface area (Å²) in [6, 6.07) is 5.68. The number of anilines is 2. The molecule has 0 aliphatic carbocycles. The first kappa shape index (κ1) is 29.3. The zero-order valence-electron chi connectivity index (χ0n) is 22.3. The molecule has 2 aromatic carbocycles. The van der Waals surface area contributed by atoms with Gasteiger partial charge in [-0.2, -0.15) is 0 Å². The van der Waals surface area contributed by atoms with Crippen molar-refractivity contribution < 1.29 is 27.8 Å². The first-order valence-corrected chi connectivity index (χ1v) is 16.7. The predicted molar refractivity (Wildman–Crippen MR) is 152 cm³/mol. The smallest absolute Gasteiger partial charge is 0.224 e. The second kappa shape index (κ2) is 10.7. The number of nitrogens with one attached hydrogen (secondary N) is 1. The second-order valence-corrected chi connectivity index (χ2v) is 17.7. The molecular formula is C27H34BrClF2N2O4Si. The summed E-state index contributed by atoms with van der Waals surface area (Å²) in [5.74, 6) is -0.822. The number of hydrogen-bond donors (Lipinski definition) is 2. The van der Waals surface area contributed by atoms with Gasteiger partial charge in [0.15, 0.2) is 8.32 Å². The minimum absolute atomic E-state index is 0.101. The fourth-order valence-corrected chi connectivity index (χ4v) is 6.98. The van der Waals surface area contributed by atoms with Crippen LogP contribution in [0.15, 0.2) is 28.7 Å². The minimum atomic E-state index is -2.36. The molecule has 11 heteroatoms. The van der Waals surface area contributed by atoms with Crippen molar-refractivity contribution >= 4 is 53.1 Å². The molecule has 2 aliphatic heterocycles. The highest BCUT2D eigenvalue weighted by atomic mass is 79.9. The molecule has 0 spiro atoms. The van der Waals surface area contributed by atoms with Gasteiger partial charge in [-0.15, -0.1) is 0 Å². The van der Waals surface area contributed by atoms with Crippen molar-refractivity contribution in [2.75, 3.05) is 29.9 Å². The Labute approximate surface area is 236 Å². The number of nitrogens with zero attached hydrogens (tertiary/aromatic N) is 1. The average Bonchev–Trinajstić information content (AvgIpc) is 2.79. The summed E-state index contributed by atoms with van der Waals surface area (Å²) < 4.78 is 42.7. The molecule has 1 fully saturated rings. The number of halogens is 4. The normalized spacial score (nSPS) is 22.2. The van der Waals surface area contributed by atoms with Crippen LogP contribution in [0.4, 0.5) is 20.2 Å². The second-order valence-electron chi connectivity index (χ2n) is 11.6. The van der Waals surface area contributed by atoms with Gasteiger partial charge in [-0.25, -0.2) is 8.78 Å². The molecule has 2 N–H and O–H groups in total. The first-order valence-electron chi connectivity index (χ1n) is 12.6. The molecule has 1 saturated heterocycles. The van der Waals surface area contributed by atoms with Crippen LogP contribution in [0.2, 0.25) is 23.2 Å². The molecule has 1 amide bonds. The summed E-state index contributed by atoms with van der Waals surface area (Å²) in [5, 5.41) is 14.7. The number of benzene rings is 2. The quantitative estimate of drug-likeness (QED) is 0.348. The molecular weight excluding hydrogens is 598 g/mol. The maximum absolute atomic E-state index is 15.0. The van der Waals surface area contributed by atoms with Crippen molar-refractivity contribution in [3.63, 3.8) is 0 Å². The molecule has 208 valence electrons. The lowest BCUT2D eigenvalue weighted by molar-refractivity contribution is -0.116. The largest absolute Gasteiger partial charge is 0.490 e. The molecule has 0 saturated carbocycles. The molecule has 0 unspecified atom stereocenters. The summed E-state index contributed by atoms with van der Waals surface area (Å²) in [6.07, 6.45) is 0.134. The number of carbonyl (C=O) groups is 1. The van der Waals surface area contributed by atoms with E-state index in [0.29, 0.717) is 34.4 Å². The number of piperidine rings is 1. The Morgan fingerprint density at radius 2 is 1.95 bits per heavy atom. The van der Waals surface area contributed by atoms with Gasteiger partial charge in [-0.1, -0.05) is 32.4 Å². The van der Waals surface area contributed by atoms with E-state index in [1.165, 1.54) is 18.2 Å². The van der Waals surface area contributed by atoms with E-state index in [4.69, 9.17) is 20.8 Å². The van der Waals surface area contributed by atoms with Gasteiger partial charge in [-0.3, -0.25) is 4.79 Å². The van der Waals surface area contributed by atoms with Crippen molar-refractivity contribution in [1.29, 1.82) is 0 Å². The number of rotatable bonds is 6. The number of ether oxygens (including phenoxy) is 1. The molecule has 0 radical (unpaired) electrons. The minimum Gasteiger partial charge on any atom is -0.490 e. The van der Waals surface area contributed by atoms with Crippen molar-refractivity contribution in [3.05, 3.63) is 51.0 Å². The topological polar surface area (TPSA) is 71.0 Å². The van der Waals surface area contributed by atoms with Crippen LogP contribution in [-0.2, 0) is 15.6 Å². The van der Waals surface area contributed by atoms with Gasteiger partial charge in [0.25, 0.3) is 0 Å². The third kappa shape index (κ3) is 5.89. The van der Waals surface area contributed by atoms with Crippen LogP contribution in [0.3, 0.4) is 0 Å². The Morgan fingerprint density at radius 1 is 1.24 bits per heavy atom. The monoisotopic (exact) mass is 630 g/mol. The molecule has 0 aromatic heterocycles. The van der Waals surface area contributed by atoms with Crippen LogP contribution >= 0.6 is 27.5 Å². The van der Waals surface area contributed by atoms with Crippen molar-refractivity contribution in [1.82, 2.24) is 0 Å². The van der Waals surface area contributed by atoms with Crippen LogP contribution in [0.1, 0.15) is 39.2 Å². The average molecular weight is 632 g/mol. The summed E-state index contributed by atoms with van der Waals surface area (Å²) in [6.45, 7) is 11.0. The number of hydrogen-bond acceptors (Lipinski definition) is 5. The fourth-order valence-electron chi connectivity index (χ4n) is 4.60. The van der Waals surface area contributed by atoms with Crippen LogP contribution < -0.4 is 15.0 Å². The lowest BCUT2D eigenvalue weighted by atomic mass is 9.89. The zero-order chi connectivity index (χ0) is 28.0. The summed E-state index contributed by atoms with van der Waals surface area (Å²) >= 11 is 9.46. The van der Waals surface area contributed by atoms with Gasteiger partial charge in [0.2, 0.25) is 5.91 Å². The molecule has 2 atom stereocenters. The van der Waals surface area contributed by atoms with Crippen LogP contribution in [0, 0.1) is 11.6 Å². The van der Waals surface area contributed by atoms with E-state index < -0.39 is 31.7 Å². The van der Waals surface area contributed by atoms with Gasteiger partial charge >= 0.3 is 0 Å². The SMILES string of the molecule is CC(C)(C)[Si](C)(C)O[C@@H]1CN(c2c(F)cc(Cl)cc2Br)CC[C@@]1(O)COc1ccc(F)c2c1CCC(=O)N2. The van der Waals surface area contributed by atoms with E-state index in [9.17, 15) is 18.7 Å². The molecule has 38 heavy (non-hydrogen) atoms. The highest BCUT2D eigenvalue weighted by Crippen LogP contribution is 2.42. The van der Waals surface area contributed by atoms with E-state index in [-0.39, 0.29) is 47.6 Å². The highest BCUT2D eigenvalue weighted by molar-refractivity contribution is 9.10. The molecule has 4 rings (SSSR count). The molecule has 2 aliphatic rings. The summed E-state index contributed by atoms with van der Waals surface area (Å²) in [7, 11) is -2.36. The standard InChI is InChI=1S/C27H34BrClF2N2O4Si/c1-26(2,3)38(4,5)37-22-14-33(25-18(28)12-16(29)13-20(25)31)11-10-27(22,35)15-36-21-8-7-19(30)24-17(21)6-9-23(34)32-24/h7-8,12-13,22,35H,6,9-11,14-15H2,1-5H3,(H,32,34)/t22-,27-/m1/s1. The maximum Gasteiger partial charge on any atom is 0.224 e. The maximum atomic E-state index is 15.0. The lowest BCUT2D eigenvalue weighted by Crippen LogP contribution is -2.63. The van der Waals surface area contributed by atoms with E-state index >= 15 is 0 Å². The lowest BCUT2D eigenvalue weighted by Gasteiger charge is -2.49. The zero-order valence-corrected chi connectivity index (χ0v) is 25.6. The fraction of sp³-hybridized carbons (Fsp3) is 0.519. The predicted octanol–water partition coefficient (Wildman–Crippen LogP) is 6.68. The Bertz CT molecular complexity index is 1220. The molecule has 6 nitrogen and oxygen atoms in total. The third-order valence-corrected chi connectivity index (χ3v) is 13.2. The number of amides is 1. The number of aliphatic hydroxyl groups is 1. The third-order valence-electron chi connectivity index (χ3n) is 7.90. The van der Waals surface area contributed by atoms with Crippen LogP contribution in [-0.4, -0.2) is 50.7 Å². The summed E-state index contributed by atoms with van der Waals surface area (Å²) in [4.78, 5) is 13.7. The van der Waals surface area contributed by atoms with Gasteiger partial charge < -0.3 is 24.5 Å². The Morgan fingerprint density at radius 3 is 2.61 bits per heavy atom. The highest BCUT2D eigenvalue weighted by Gasteiger charge is 2.49. The Hall–Kier alpha value is -1.72. The van der Waals surface area contributed by atoms with Crippen molar-refractivity contribution in [3.8, 4) is 5.75 Å². The van der Waals surface area contributed by atoms with E-state index in [1.54, 1.807) is 6.07 Å². The summed E-state index contributed by atoms with van der Waals surface area (Å²) in [5.41, 5.74) is -0.331. The van der Waals surface area contributed by atoms with E-state index in [1.807, 2.05) is 4.90 Å². The number of fused-ring (bicyclic) bond motifs is 1. The molecule has 2 heterocycles. The van der Waals surface area contributed by atoms with Crippen molar-refractivity contribution in [2.45, 2.75) is 69.9 Å². The first-order chi connectivity index (χ1) is 17.6. The number of carbonyl (C=O) groups excluding carboxylic acids is 1. The molecule has 0 bridgehead atoms. The van der Waals surface area contributed by atoms with Gasteiger partial charge in [0.1, 0.15) is 29.6 Å².